The van der Waals surface area contributed by atoms with Crippen molar-refractivity contribution in [2.45, 2.75) is 19.3 Å². The van der Waals surface area contributed by atoms with Crippen LogP contribution < -0.4 is 10.1 Å². The number of carbonyl (C=O) groups excluding carboxylic acids is 2. The van der Waals surface area contributed by atoms with Gasteiger partial charge in [-0.25, -0.2) is 0 Å². The fourth-order valence-corrected chi connectivity index (χ4v) is 3.14. The molecule has 6 heteroatoms. The van der Waals surface area contributed by atoms with Crippen molar-refractivity contribution in [3.8, 4) is 5.75 Å². The van der Waals surface area contributed by atoms with E-state index in [1.165, 1.54) is 0 Å². The molecule has 0 radical (unpaired) electrons. The van der Waals surface area contributed by atoms with E-state index < -0.39 is 0 Å². The van der Waals surface area contributed by atoms with Crippen molar-refractivity contribution in [2.75, 3.05) is 25.5 Å². The number of rotatable bonds is 4. The molecule has 0 unspecified atom stereocenters. The van der Waals surface area contributed by atoms with Gasteiger partial charge in [0, 0.05) is 24.2 Å². The van der Waals surface area contributed by atoms with E-state index in [9.17, 15) is 9.59 Å². The summed E-state index contributed by atoms with van der Waals surface area (Å²) in [5, 5.41) is 3.17. The molecule has 2 amide bonds. The number of carbonyl (C=O) groups is 2. The van der Waals surface area contributed by atoms with Crippen LogP contribution in [-0.2, 0) is 0 Å². The number of likely N-dealkylation sites (tertiary alicyclic amines) is 1. The molecule has 0 aliphatic carbocycles. The first-order valence-corrected chi connectivity index (χ1v) is 9.00. The van der Waals surface area contributed by atoms with E-state index in [1.807, 2.05) is 4.90 Å². The molecular weight excluding hydrogens is 352 g/mol. The zero-order valence-corrected chi connectivity index (χ0v) is 15.4. The zero-order valence-electron chi connectivity index (χ0n) is 14.6. The average molecular weight is 373 g/mol. The third-order valence-corrected chi connectivity index (χ3v) is 4.79. The largest absolute Gasteiger partial charge is 0.497 e. The summed E-state index contributed by atoms with van der Waals surface area (Å²) in [7, 11) is 1.57. The van der Waals surface area contributed by atoms with E-state index in [1.54, 1.807) is 49.6 Å². The maximum absolute atomic E-state index is 12.6. The van der Waals surface area contributed by atoms with Crippen molar-refractivity contribution in [3.63, 3.8) is 0 Å². The minimum Gasteiger partial charge on any atom is -0.497 e. The quantitative estimate of drug-likeness (QED) is 0.873. The number of methoxy groups -OCH3 is 1. The lowest BCUT2D eigenvalue weighted by atomic mass is 10.1. The average Bonchev–Trinajstić information content (AvgIpc) is 2.69. The number of piperidine rings is 1. The van der Waals surface area contributed by atoms with Gasteiger partial charge in [0.15, 0.2) is 0 Å². The lowest BCUT2D eigenvalue weighted by Gasteiger charge is -2.27. The fourth-order valence-electron chi connectivity index (χ4n) is 2.97. The summed E-state index contributed by atoms with van der Waals surface area (Å²) >= 11 is 6.21. The highest BCUT2D eigenvalue weighted by atomic mass is 35.5. The molecule has 0 spiro atoms. The van der Waals surface area contributed by atoms with Crippen LogP contribution in [0.3, 0.4) is 0 Å². The topological polar surface area (TPSA) is 58.6 Å². The van der Waals surface area contributed by atoms with E-state index in [0.717, 1.165) is 32.4 Å². The Balaban J connectivity index is 1.76. The Morgan fingerprint density at radius 2 is 1.65 bits per heavy atom. The first-order chi connectivity index (χ1) is 12.6. The third-order valence-electron chi connectivity index (χ3n) is 4.46. The molecule has 5 nitrogen and oxygen atoms in total. The monoisotopic (exact) mass is 372 g/mol. The number of amides is 2. The lowest BCUT2D eigenvalue weighted by molar-refractivity contribution is 0.0724. The molecule has 1 N–H and O–H groups in total. The number of ether oxygens (including phenoxy) is 1. The van der Waals surface area contributed by atoms with Crippen LogP contribution in [0, 0.1) is 0 Å². The van der Waals surface area contributed by atoms with Gasteiger partial charge in [-0.3, -0.25) is 9.59 Å². The van der Waals surface area contributed by atoms with Crippen LogP contribution in [0.1, 0.15) is 40.0 Å². The fraction of sp³-hybridized carbons (Fsp3) is 0.300. The maximum Gasteiger partial charge on any atom is 0.255 e. The summed E-state index contributed by atoms with van der Waals surface area (Å²) in [5.74, 6) is 0.354. The van der Waals surface area contributed by atoms with Crippen molar-refractivity contribution in [3.05, 3.63) is 58.6 Å². The molecule has 26 heavy (non-hydrogen) atoms. The van der Waals surface area contributed by atoms with E-state index in [-0.39, 0.29) is 11.8 Å². The number of halogens is 1. The van der Waals surface area contributed by atoms with Crippen LogP contribution in [0.2, 0.25) is 5.02 Å². The Labute approximate surface area is 157 Å². The number of nitrogens with zero attached hydrogens (tertiary/aromatic N) is 1. The molecule has 1 aliphatic rings. The first kappa shape index (κ1) is 18.3. The number of nitrogens with one attached hydrogen (secondary N) is 1. The standard InChI is InChI=1S/C20H21ClN2O3/c1-26-16-8-5-14(6-9-16)19(24)22-18-13-15(7-10-17(18)21)20(25)23-11-3-2-4-12-23/h5-10,13H,2-4,11-12H2,1H3,(H,22,24). The van der Waals surface area contributed by atoms with E-state index >= 15 is 0 Å². The van der Waals surface area contributed by atoms with Gasteiger partial charge in [0.1, 0.15) is 5.75 Å². The summed E-state index contributed by atoms with van der Waals surface area (Å²) in [6, 6.07) is 11.8. The van der Waals surface area contributed by atoms with Crippen molar-refractivity contribution in [1.82, 2.24) is 4.90 Å². The van der Waals surface area contributed by atoms with Crippen molar-refractivity contribution in [1.29, 1.82) is 0 Å². The first-order valence-electron chi connectivity index (χ1n) is 8.63. The molecule has 1 saturated heterocycles. The summed E-state index contributed by atoms with van der Waals surface area (Å²) in [6.07, 6.45) is 3.22. The summed E-state index contributed by atoms with van der Waals surface area (Å²) < 4.78 is 5.09. The van der Waals surface area contributed by atoms with Gasteiger partial charge in [0.05, 0.1) is 17.8 Å². The van der Waals surface area contributed by atoms with Crippen LogP contribution in [0.25, 0.3) is 0 Å². The number of hydrogen-bond acceptors (Lipinski definition) is 3. The van der Waals surface area contributed by atoms with Gasteiger partial charge in [0.25, 0.3) is 11.8 Å². The third kappa shape index (κ3) is 4.17. The van der Waals surface area contributed by atoms with E-state index in [0.29, 0.717) is 27.6 Å². The molecule has 0 aromatic heterocycles. The van der Waals surface area contributed by atoms with Crippen molar-refractivity contribution < 1.29 is 14.3 Å². The predicted octanol–water partition coefficient (Wildman–Crippen LogP) is 4.23. The Hall–Kier alpha value is -2.53. The molecule has 2 aromatic carbocycles. The minimum absolute atomic E-state index is 0.0266. The van der Waals surface area contributed by atoms with Crippen LogP contribution in [0.5, 0.6) is 5.75 Å². The normalized spacial score (nSPS) is 14.0. The smallest absolute Gasteiger partial charge is 0.255 e. The van der Waals surface area contributed by atoms with Crippen molar-refractivity contribution >= 4 is 29.1 Å². The second-order valence-electron chi connectivity index (χ2n) is 6.23. The van der Waals surface area contributed by atoms with Gasteiger partial charge < -0.3 is 15.0 Å². The number of anilines is 1. The Morgan fingerprint density at radius 3 is 2.31 bits per heavy atom. The molecule has 136 valence electrons. The second kappa shape index (κ2) is 8.23. The molecule has 0 bridgehead atoms. The molecule has 1 aliphatic heterocycles. The maximum atomic E-state index is 12.6. The molecule has 0 atom stereocenters. The SMILES string of the molecule is COc1ccc(C(=O)Nc2cc(C(=O)N3CCCCC3)ccc2Cl)cc1. The molecule has 2 aromatic rings. The molecular formula is C20H21ClN2O3. The highest BCUT2D eigenvalue weighted by Gasteiger charge is 2.19. The van der Waals surface area contributed by atoms with Gasteiger partial charge >= 0.3 is 0 Å². The van der Waals surface area contributed by atoms with E-state index in [2.05, 4.69) is 5.32 Å². The second-order valence-corrected chi connectivity index (χ2v) is 6.64. The summed E-state index contributed by atoms with van der Waals surface area (Å²) in [5.41, 5.74) is 1.44. The van der Waals surface area contributed by atoms with Crippen LogP contribution in [-0.4, -0.2) is 36.9 Å². The number of benzene rings is 2. The predicted molar refractivity (Wildman–Crippen MR) is 102 cm³/mol. The van der Waals surface area contributed by atoms with Gasteiger partial charge in [-0.2, -0.15) is 0 Å². The number of hydrogen-bond donors (Lipinski definition) is 1. The van der Waals surface area contributed by atoms with Gasteiger partial charge in [0.2, 0.25) is 0 Å². The summed E-state index contributed by atoms with van der Waals surface area (Å²) in [4.78, 5) is 26.9. The highest BCUT2D eigenvalue weighted by Crippen LogP contribution is 2.25. The molecule has 1 heterocycles. The molecule has 1 fully saturated rings. The Bertz CT molecular complexity index is 799. The van der Waals surface area contributed by atoms with Crippen LogP contribution in [0.4, 0.5) is 5.69 Å². The van der Waals surface area contributed by atoms with Gasteiger partial charge in [-0.15, -0.1) is 0 Å². The zero-order chi connectivity index (χ0) is 18.5. The van der Waals surface area contributed by atoms with Gasteiger partial charge in [-0.05, 0) is 61.7 Å². The van der Waals surface area contributed by atoms with Crippen molar-refractivity contribution in [2.24, 2.45) is 0 Å². The Morgan fingerprint density at radius 1 is 1.00 bits per heavy atom. The minimum atomic E-state index is -0.294. The Kier molecular flexibility index (Phi) is 5.78. The lowest BCUT2D eigenvalue weighted by Crippen LogP contribution is -2.35. The molecule has 0 saturated carbocycles. The van der Waals surface area contributed by atoms with Crippen LogP contribution >= 0.6 is 11.6 Å². The summed E-state index contributed by atoms with van der Waals surface area (Å²) in [6.45, 7) is 1.55. The van der Waals surface area contributed by atoms with E-state index in [4.69, 9.17) is 16.3 Å². The highest BCUT2D eigenvalue weighted by molar-refractivity contribution is 6.34. The molecule has 3 rings (SSSR count). The van der Waals surface area contributed by atoms with Gasteiger partial charge in [-0.1, -0.05) is 11.6 Å². The van der Waals surface area contributed by atoms with Crippen LogP contribution in [0.15, 0.2) is 42.5 Å².